The van der Waals surface area contributed by atoms with Crippen LogP contribution >= 0.6 is 0 Å². The van der Waals surface area contributed by atoms with E-state index in [-0.39, 0.29) is 84.3 Å². The third kappa shape index (κ3) is 9.09. The summed E-state index contributed by atoms with van der Waals surface area (Å²) in [6.07, 6.45) is 3.36. The minimum Gasteiger partial charge on any atom is -0.463 e. The van der Waals surface area contributed by atoms with Crippen LogP contribution in [-0.2, 0) is 28.5 Å². The summed E-state index contributed by atoms with van der Waals surface area (Å²) in [7, 11) is 5.86. The standard InChI is InChI=1S/C31H56N2O6/c1-17-15-21(5)37-27(35)16-20(4)29(36-11)30(19(3)14-18(2)26(34)13-12-25(17)32)39-31-23(7)28(33(9)10)22(6)24(8)38-31/h12-13,17-25,28-31H,14-16,32H2,1-11H3/b13-12+/t17-,18+,19-,20+,21+,22?,23?,24?,25-,28?,29-,30-,31?/m0/s1. The molecule has 2 aliphatic rings. The molecule has 1 saturated heterocycles. The fourth-order valence-electron chi connectivity index (χ4n) is 6.60. The van der Waals surface area contributed by atoms with Gasteiger partial charge in [-0.2, -0.15) is 0 Å². The van der Waals surface area contributed by atoms with Gasteiger partial charge in [-0.15, -0.1) is 0 Å². The Kier molecular flexibility index (Phi) is 13.1. The van der Waals surface area contributed by atoms with E-state index in [9.17, 15) is 9.59 Å². The quantitative estimate of drug-likeness (QED) is 0.511. The molecule has 2 rings (SSSR count). The summed E-state index contributed by atoms with van der Waals surface area (Å²) in [5.74, 6) is -0.104. The molecule has 0 amide bonds. The molecule has 0 radical (unpaired) electrons. The van der Waals surface area contributed by atoms with Gasteiger partial charge in [-0.25, -0.2) is 0 Å². The van der Waals surface area contributed by atoms with Crippen LogP contribution < -0.4 is 5.73 Å². The van der Waals surface area contributed by atoms with Crippen molar-refractivity contribution in [3.05, 3.63) is 12.2 Å². The maximum Gasteiger partial charge on any atom is 0.306 e. The topological polar surface area (TPSA) is 100 Å². The summed E-state index contributed by atoms with van der Waals surface area (Å²) >= 11 is 0. The van der Waals surface area contributed by atoms with E-state index in [2.05, 4.69) is 46.7 Å². The minimum atomic E-state index is -0.441. The van der Waals surface area contributed by atoms with Crippen molar-refractivity contribution in [1.29, 1.82) is 0 Å². The Labute approximate surface area is 237 Å². The molecule has 0 spiro atoms. The van der Waals surface area contributed by atoms with Gasteiger partial charge in [0.2, 0.25) is 0 Å². The minimum absolute atomic E-state index is 0.0206. The Morgan fingerprint density at radius 3 is 2.13 bits per heavy atom. The molecule has 0 aromatic heterocycles. The molecule has 226 valence electrons. The maximum absolute atomic E-state index is 13.1. The molecule has 13 atom stereocenters. The zero-order chi connectivity index (χ0) is 29.6. The van der Waals surface area contributed by atoms with Crippen LogP contribution in [0.1, 0.15) is 74.7 Å². The van der Waals surface area contributed by atoms with E-state index >= 15 is 0 Å². The predicted molar refractivity (Wildman–Crippen MR) is 154 cm³/mol. The molecule has 0 aliphatic carbocycles. The number of cyclic esters (lactones) is 1. The number of rotatable bonds is 4. The lowest BCUT2D eigenvalue weighted by Gasteiger charge is -2.48. The Balaban J connectivity index is 2.41. The fraction of sp³-hybridized carbons (Fsp3) is 0.871. The highest BCUT2D eigenvalue weighted by Crippen LogP contribution is 2.37. The smallest absolute Gasteiger partial charge is 0.306 e. The van der Waals surface area contributed by atoms with Gasteiger partial charge in [0.25, 0.3) is 0 Å². The van der Waals surface area contributed by atoms with Gasteiger partial charge >= 0.3 is 5.97 Å². The van der Waals surface area contributed by atoms with Crippen LogP contribution in [0.25, 0.3) is 0 Å². The molecule has 2 N–H and O–H groups in total. The van der Waals surface area contributed by atoms with Crippen LogP contribution in [0.2, 0.25) is 0 Å². The Morgan fingerprint density at radius 1 is 0.897 bits per heavy atom. The number of hydrogen-bond acceptors (Lipinski definition) is 8. The average molecular weight is 553 g/mol. The normalized spacial score (nSPS) is 44.7. The summed E-state index contributed by atoms with van der Waals surface area (Å²) in [6.45, 7) is 16.4. The first-order valence-corrected chi connectivity index (χ1v) is 14.8. The van der Waals surface area contributed by atoms with Crippen LogP contribution in [-0.4, -0.2) is 80.6 Å². The molecule has 8 heteroatoms. The van der Waals surface area contributed by atoms with Crippen LogP contribution in [0, 0.1) is 35.5 Å². The summed E-state index contributed by atoms with van der Waals surface area (Å²) in [5.41, 5.74) is 6.33. The third-order valence-corrected chi connectivity index (χ3v) is 9.08. The lowest BCUT2D eigenvalue weighted by molar-refractivity contribution is -0.282. The van der Waals surface area contributed by atoms with Gasteiger partial charge in [0.1, 0.15) is 0 Å². The molecule has 1 fully saturated rings. The van der Waals surface area contributed by atoms with Crippen molar-refractivity contribution in [3.8, 4) is 0 Å². The molecule has 0 aromatic carbocycles. The number of methoxy groups -OCH3 is 1. The van der Waals surface area contributed by atoms with E-state index in [1.165, 1.54) is 0 Å². The van der Waals surface area contributed by atoms with Crippen molar-refractivity contribution in [2.45, 2.75) is 117 Å². The number of ether oxygens (including phenoxy) is 4. The summed E-state index contributed by atoms with van der Waals surface area (Å²) in [6, 6.07) is -0.00755. The zero-order valence-corrected chi connectivity index (χ0v) is 26.3. The lowest BCUT2D eigenvalue weighted by atomic mass is 9.82. The molecule has 0 aromatic rings. The third-order valence-electron chi connectivity index (χ3n) is 9.08. The number of allylic oxidation sites excluding steroid dienone is 1. The van der Waals surface area contributed by atoms with Crippen LogP contribution in [0.3, 0.4) is 0 Å². The first-order valence-electron chi connectivity index (χ1n) is 14.8. The molecular formula is C31H56N2O6. The van der Waals surface area contributed by atoms with Crippen molar-refractivity contribution >= 4 is 11.8 Å². The molecule has 2 aliphatic heterocycles. The zero-order valence-electron chi connectivity index (χ0n) is 26.3. The van der Waals surface area contributed by atoms with Gasteiger partial charge in [-0.05, 0) is 70.5 Å². The average Bonchev–Trinajstić information content (AvgIpc) is 2.83. The van der Waals surface area contributed by atoms with E-state index in [0.717, 1.165) is 0 Å². The van der Waals surface area contributed by atoms with E-state index in [1.807, 2.05) is 27.7 Å². The number of esters is 1. The Morgan fingerprint density at radius 2 is 1.54 bits per heavy atom. The van der Waals surface area contributed by atoms with Crippen LogP contribution in [0.5, 0.6) is 0 Å². The highest BCUT2D eigenvalue weighted by molar-refractivity contribution is 5.91. The number of carbonyl (C=O) groups is 2. The molecule has 8 nitrogen and oxygen atoms in total. The van der Waals surface area contributed by atoms with Crippen LogP contribution in [0.4, 0.5) is 0 Å². The van der Waals surface area contributed by atoms with Crippen molar-refractivity contribution in [1.82, 2.24) is 4.90 Å². The van der Waals surface area contributed by atoms with Gasteiger partial charge in [0.15, 0.2) is 12.1 Å². The van der Waals surface area contributed by atoms with Crippen molar-refractivity contribution in [2.75, 3.05) is 21.2 Å². The molecule has 2 heterocycles. The number of carbonyl (C=O) groups excluding carboxylic acids is 2. The second-order valence-corrected chi connectivity index (χ2v) is 12.8. The van der Waals surface area contributed by atoms with Gasteiger partial charge in [-0.1, -0.05) is 47.6 Å². The second-order valence-electron chi connectivity index (χ2n) is 12.8. The monoisotopic (exact) mass is 552 g/mol. The molecule has 5 unspecified atom stereocenters. The van der Waals surface area contributed by atoms with Crippen molar-refractivity contribution in [3.63, 3.8) is 0 Å². The summed E-state index contributed by atoms with van der Waals surface area (Å²) < 4.78 is 25.1. The van der Waals surface area contributed by atoms with Crippen LogP contribution in [0.15, 0.2) is 12.2 Å². The van der Waals surface area contributed by atoms with E-state index < -0.39 is 6.29 Å². The molecule has 39 heavy (non-hydrogen) atoms. The Hall–Kier alpha value is -1.32. The van der Waals surface area contributed by atoms with Gasteiger partial charge in [0, 0.05) is 31.0 Å². The Bertz CT molecular complexity index is 819. The van der Waals surface area contributed by atoms with Crippen molar-refractivity contribution in [2.24, 2.45) is 41.2 Å². The van der Waals surface area contributed by atoms with Gasteiger partial charge in [-0.3, -0.25) is 9.59 Å². The highest BCUT2D eigenvalue weighted by atomic mass is 16.7. The summed E-state index contributed by atoms with van der Waals surface area (Å²) in [4.78, 5) is 28.2. The lowest BCUT2D eigenvalue weighted by Crippen LogP contribution is -2.56. The first-order chi connectivity index (χ1) is 18.2. The first kappa shape index (κ1) is 33.9. The number of nitrogens with two attached hydrogens (primary N) is 1. The number of hydrogen-bond donors (Lipinski definition) is 1. The molecular weight excluding hydrogens is 496 g/mol. The number of ketones is 1. The highest BCUT2D eigenvalue weighted by Gasteiger charge is 2.44. The van der Waals surface area contributed by atoms with E-state index in [1.54, 1.807) is 19.3 Å². The molecule has 0 bridgehead atoms. The molecule has 0 saturated carbocycles. The summed E-state index contributed by atoms with van der Waals surface area (Å²) in [5, 5.41) is 0. The fourth-order valence-corrected chi connectivity index (χ4v) is 6.60. The predicted octanol–water partition coefficient (Wildman–Crippen LogP) is 4.45. The second kappa shape index (κ2) is 15.1. The van der Waals surface area contributed by atoms with Gasteiger partial charge in [0.05, 0.1) is 30.8 Å². The number of nitrogens with zero attached hydrogens (tertiary/aromatic N) is 1. The van der Waals surface area contributed by atoms with E-state index in [4.69, 9.17) is 24.7 Å². The van der Waals surface area contributed by atoms with Crippen molar-refractivity contribution < 1.29 is 28.5 Å². The SMILES string of the molecule is CO[C@@H]1[C@@H](OC2OC(C)C(C)C(N(C)C)C2C)[C@@H](C)C[C@@H](C)C(=O)/C=C/[C@H](N)[C@@H](C)C[C@@H](C)OC(=O)C[C@H]1C. The largest absolute Gasteiger partial charge is 0.463 e. The van der Waals surface area contributed by atoms with Gasteiger partial charge < -0.3 is 29.6 Å². The maximum atomic E-state index is 13.1. The van der Waals surface area contributed by atoms with E-state index in [0.29, 0.717) is 18.8 Å².